The van der Waals surface area contributed by atoms with Crippen LogP contribution in [0.1, 0.15) is 18.1 Å². The molecule has 3 heterocycles. The van der Waals surface area contributed by atoms with E-state index in [1.807, 2.05) is 4.57 Å². The second-order valence-corrected chi connectivity index (χ2v) is 7.05. The summed E-state index contributed by atoms with van der Waals surface area (Å²) in [7, 11) is -0.628. The van der Waals surface area contributed by atoms with Crippen molar-refractivity contribution < 1.29 is 8.42 Å². The Kier molecular flexibility index (Phi) is 3.21. The normalized spacial score (nSPS) is 14.8. The van der Waals surface area contributed by atoms with Crippen LogP contribution >= 0.6 is 0 Å². The summed E-state index contributed by atoms with van der Waals surface area (Å²) < 4.78 is 29.8. The first kappa shape index (κ1) is 14.0. The summed E-state index contributed by atoms with van der Waals surface area (Å²) in [5.74, 6) is 1.56. The number of imidazole rings is 1. The minimum absolute atomic E-state index is 0.00387. The second-order valence-electron chi connectivity index (χ2n) is 5.09. The summed E-state index contributed by atoms with van der Waals surface area (Å²) in [4.78, 5) is 3.82. The Bertz CT molecular complexity index is 757. The van der Waals surface area contributed by atoms with E-state index < -0.39 is 10.0 Å². The number of aryl methyl sites for hydroxylation is 2. The minimum Gasteiger partial charge on any atom is -0.381 e. The molecule has 2 aromatic rings. The fraction of sp³-hybridized carbons (Fsp3) is 0.545. The molecule has 0 aliphatic carbocycles. The van der Waals surface area contributed by atoms with Gasteiger partial charge in [0.25, 0.3) is 10.0 Å². The van der Waals surface area contributed by atoms with Crippen LogP contribution in [0.4, 0.5) is 5.82 Å². The maximum absolute atomic E-state index is 12.6. The summed E-state index contributed by atoms with van der Waals surface area (Å²) in [6, 6.07) is 0. The van der Waals surface area contributed by atoms with E-state index in [0.29, 0.717) is 5.82 Å². The molecule has 0 atom stereocenters. The van der Waals surface area contributed by atoms with Gasteiger partial charge >= 0.3 is 0 Å². The van der Waals surface area contributed by atoms with Crippen LogP contribution in [0, 0.1) is 0 Å². The average Bonchev–Trinajstić information content (AvgIpc) is 3.08. The number of sulfonamides is 1. The summed E-state index contributed by atoms with van der Waals surface area (Å²) in [5.41, 5.74) is 5.66. The maximum atomic E-state index is 12.6. The molecule has 9 nitrogen and oxygen atoms in total. The van der Waals surface area contributed by atoms with Crippen LogP contribution in [0.15, 0.2) is 11.4 Å². The number of nitrogens with zero attached hydrogens (tertiary/aromatic N) is 6. The number of aromatic nitrogens is 5. The molecule has 0 bridgehead atoms. The molecule has 114 valence electrons. The van der Waals surface area contributed by atoms with Gasteiger partial charge in [0.05, 0.1) is 12.9 Å². The standard InChI is InChI=1S/C11H17N7O2S/c1-16-7-13-10(12)11(16)21(19,20)17(2)6-9-15-14-8-4-3-5-18(8)9/h7H,3-6,12H2,1-2H3. The lowest BCUT2D eigenvalue weighted by Gasteiger charge is -2.17. The molecule has 2 aromatic heterocycles. The highest BCUT2D eigenvalue weighted by molar-refractivity contribution is 7.89. The monoisotopic (exact) mass is 311 g/mol. The van der Waals surface area contributed by atoms with E-state index in [0.717, 1.165) is 25.2 Å². The molecule has 0 saturated carbocycles. The van der Waals surface area contributed by atoms with Gasteiger partial charge in [0.2, 0.25) is 0 Å². The van der Waals surface area contributed by atoms with E-state index in [-0.39, 0.29) is 17.4 Å². The lowest BCUT2D eigenvalue weighted by atomic mass is 10.4. The van der Waals surface area contributed by atoms with E-state index in [1.54, 1.807) is 7.05 Å². The molecule has 0 spiro atoms. The molecule has 1 aliphatic heterocycles. The van der Waals surface area contributed by atoms with Crippen LogP contribution in [-0.2, 0) is 36.6 Å². The highest BCUT2D eigenvalue weighted by Crippen LogP contribution is 2.22. The fourth-order valence-corrected chi connectivity index (χ4v) is 3.82. The van der Waals surface area contributed by atoms with Crippen molar-refractivity contribution in [3.63, 3.8) is 0 Å². The Morgan fingerprint density at radius 2 is 2.19 bits per heavy atom. The summed E-state index contributed by atoms with van der Waals surface area (Å²) in [6.45, 7) is 0.985. The Morgan fingerprint density at radius 3 is 2.86 bits per heavy atom. The van der Waals surface area contributed by atoms with Crippen molar-refractivity contribution in [1.82, 2.24) is 28.6 Å². The second kappa shape index (κ2) is 4.81. The SMILES string of the molecule is CN(Cc1nnc2n1CCC2)S(=O)(=O)c1c(N)ncn1C. The molecule has 0 fully saturated rings. The van der Waals surface area contributed by atoms with Gasteiger partial charge in [-0.25, -0.2) is 13.4 Å². The van der Waals surface area contributed by atoms with Gasteiger partial charge in [-0.05, 0) is 6.42 Å². The largest absolute Gasteiger partial charge is 0.381 e. The zero-order valence-electron chi connectivity index (χ0n) is 11.9. The summed E-state index contributed by atoms with van der Waals surface area (Å²) in [6.07, 6.45) is 3.28. The van der Waals surface area contributed by atoms with E-state index in [4.69, 9.17) is 5.73 Å². The first-order chi connectivity index (χ1) is 9.91. The van der Waals surface area contributed by atoms with Crippen LogP contribution in [-0.4, -0.2) is 44.1 Å². The van der Waals surface area contributed by atoms with Crippen molar-refractivity contribution in [3.8, 4) is 0 Å². The predicted octanol–water partition coefficient (Wildman–Crippen LogP) is -0.639. The predicted molar refractivity (Wildman–Crippen MR) is 74.6 cm³/mol. The van der Waals surface area contributed by atoms with Crippen molar-refractivity contribution in [2.45, 2.75) is 31.0 Å². The Labute approximate surface area is 122 Å². The molecular formula is C11H17N7O2S. The van der Waals surface area contributed by atoms with Gasteiger partial charge in [0.1, 0.15) is 11.6 Å². The highest BCUT2D eigenvalue weighted by Gasteiger charge is 2.29. The van der Waals surface area contributed by atoms with Crippen LogP contribution in [0.2, 0.25) is 0 Å². The van der Waals surface area contributed by atoms with Crippen molar-refractivity contribution in [2.75, 3.05) is 12.8 Å². The third-order valence-electron chi connectivity index (χ3n) is 3.61. The topological polar surface area (TPSA) is 112 Å². The molecule has 0 saturated heterocycles. The molecule has 3 rings (SSSR count). The van der Waals surface area contributed by atoms with Crippen molar-refractivity contribution in [1.29, 1.82) is 0 Å². The van der Waals surface area contributed by atoms with E-state index in [9.17, 15) is 8.42 Å². The van der Waals surface area contributed by atoms with Crippen molar-refractivity contribution in [2.24, 2.45) is 7.05 Å². The van der Waals surface area contributed by atoms with Gasteiger partial charge in [-0.3, -0.25) is 0 Å². The van der Waals surface area contributed by atoms with E-state index in [1.165, 1.54) is 22.2 Å². The maximum Gasteiger partial charge on any atom is 0.262 e. The van der Waals surface area contributed by atoms with Crippen molar-refractivity contribution in [3.05, 3.63) is 18.0 Å². The van der Waals surface area contributed by atoms with Crippen LogP contribution in [0.25, 0.3) is 0 Å². The number of fused-ring (bicyclic) bond motifs is 1. The zero-order chi connectivity index (χ0) is 15.2. The molecule has 1 aliphatic rings. The lowest BCUT2D eigenvalue weighted by molar-refractivity contribution is 0.442. The molecule has 10 heteroatoms. The highest BCUT2D eigenvalue weighted by atomic mass is 32.2. The summed E-state index contributed by atoms with van der Waals surface area (Å²) >= 11 is 0. The third-order valence-corrected chi connectivity index (χ3v) is 5.55. The number of anilines is 1. The minimum atomic E-state index is -3.72. The van der Waals surface area contributed by atoms with E-state index in [2.05, 4.69) is 15.2 Å². The Morgan fingerprint density at radius 1 is 1.43 bits per heavy atom. The van der Waals surface area contributed by atoms with Gasteiger partial charge in [-0.15, -0.1) is 10.2 Å². The molecule has 21 heavy (non-hydrogen) atoms. The van der Waals surface area contributed by atoms with Crippen LogP contribution in [0.5, 0.6) is 0 Å². The summed E-state index contributed by atoms with van der Waals surface area (Å²) in [5, 5.41) is 8.14. The number of hydrogen-bond acceptors (Lipinski definition) is 6. The van der Waals surface area contributed by atoms with Gasteiger partial charge in [0.15, 0.2) is 10.8 Å². The third kappa shape index (κ3) is 2.20. The Hall–Kier alpha value is -1.94. The van der Waals surface area contributed by atoms with Gasteiger partial charge in [-0.2, -0.15) is 4.31 Å². The first-order valence-electron chi connectivity index (χ1n) is 6.55. The average molecular weight is 311 g/mol. The molecule has 0 unspecified atom stereocenters. The fourth-order valence-electron chi connectivity index (χ4n) is 2.51. The molecular weight excluding hydrogens is 294 g/mol. The van der Waals surface area contributed by atoms with Gasteiger partial charge in [-0.1, -0.05) is 0 Å². The molecule has 0 amide bonds. The molecule has 0 radical (unpaired) electrons. The van der Waals surface area contributed by atoms with Gasteiger partial charge < -0.3 is 14.9 Å². The number of hydrogen-bond donors (Lipinski definition) is 1. The van der Waals surface area contributed by atoms with Crippen molar-refractivity contribution >= 4 is 15.8 Å². The van der Waals surface area contributed by atoms with Gasteiger partial charge in [0, 0.05) is 27.1 Å². The van der Waals surface area contributed by atoms with E-state index >= 15 is 0 Å². The van der Waals surface area contributed by atoms with Crippen LogP contribution < -0.4 is 5.73 Å². The number of rotatable bonds is 4. The smallest absolute Gasteiger partial charge is 0.262 e. The zero-order valence-corrected chi connectivity index (χ0v) is 12.7. The quantitative estimate of drug-likeness (QED) is 0.804. The van der Waals surface area contributed by atoms with Crippen LogP contribution in [0.3, 0.4) is 0 Å². The molecule has 0 aromatic carbocycles. The Balaban J connectivity index is 1.89. The first-order valence-corrected chi connectivity index (χ1v) is 7.99. The lowest BCUT2D eigenvalue weighted by Crippen LogP contribution is -2.29. The number of nitrogens with two attached hydrogens (primary N) is 1. The number of nitrogen functional groups attached to an aromatic ring is 1. The molecule has 2 N–H and O–H groups in total.